The van der Waals surface area contributed by atoms with E-state index in [9.17, 15) is 13.5 Å². The summed E-state index contributed by atoms with van der Waals surface area (Å²) in [5, 5.41) is 17.1. The van der Waals surface area contributed by atoms with E-state index < -0.39 is 9.84 Å². The third kappa shape index (κ3) is 3.64. The van der Waals surface area contributed by atoms with Crippen LogP contribution in [0.2, 0.25) is 0 Å². The second-order valence-corrected chi connectivity index (χ2v) is 8.05. The van der Waals surface area contributed by atoms with Gasteiger partial charge in [-0.2, -0.15) is 5.10 Å². The minimum Gasteiger partial charge on any atom is -0.395 e. The maximum absolute atomic E-state index is 11.6. The quantitative estimate of drug-likeness (QED) is 0.808. The van der Waals surface area contributed by atoms with Gasteiger partial charge in [0.25, 0.3) is 0 Å². The van der Waals surface area contributed by atoms with E-state index in [1.54, 1.807) is 0 Å². The molecule has 21 heavy (non-hydrogen) atoms. The van der Waals surface area contributed by atoms with Crippen molar-refractivity contribution >= 4 is 9.84 Å². The van der Waals surface area contributed by atoms with Crippen molar-refractivity contribution in [2.45, 2.75) is 52.2 Å². The molecule has 1 fully saturated rings. The van der Waals surface area contributed by atoms with Gasteiger partial charge in [-0.15, -0.1) is 0 Å². The van der Waals surface area contributed by atoms with Gasteiger partial charge in [0.2, 0.25) is 0 Å². The molecule has 1 aromatic rings. The Kier molecular flexibility index (Phi) is 5.06. The Hall–Kier alpha value is -0.920. The number of sulfone groups is 1. The van der Waals surface area contributed by atoms with Gasteiger partial charge in [0.1, 0.15) is 0 Å². The lowest BCUT2D eigenvalue weighted by molar-refractivity contribution is 0.238. The molecule has 0 amide bonds. The summed E-state index contributed by atoms with van der Waals surface area (Å²) in [6.45, 7) is 6.73. The summed E-state index contributed by atoms with van der Waals surface area (Å²) in [5.41, 5.74) is 3.05. The highest BCUT2D eigenvalue weighted by Crippen LogP contribution is 2.26. The Morgan fingerprint density at radius 2 is 2.19 bits per heavy atom. The number of hydrogen-bond donors (Lipinski definition) is 2. The zero-order valence-electron chi connectivity index (χ0n) is 13.0. The molecule has 2 rings (SSSR count). The van der Waals surface area contributed by atoms with Gasteiger partial charge in [-0.25, -0.2) is 8.42 Å². The lowest BCUT2D eigenvalue weighted by atomic mass is 10.1. The fourth-order valence-corrected chi connectivity index (χ4v) is 4.55. The Labute approximate surface area is 126 Å². The van der Waals surface area contributed by atoms with Gasteiger partial charge >= 0.3 is 0 Å². The van der Waals surface area contributed by atoms with Crippen LogP contribution in [0.1, 0.15) is 42.8 Å². The van der Waals surface area contributed by atoms with Gasteiger partial charge in [-0.1, -0.05) is 6.92 Å². The third-order valence-electron chi connectivity index (χ3n) is 4.31. The average molecular weight is 315 g/mol. The molecule has 1 saturated heterocycles. The Morgan fingerprint density at radius 3 is 2.71 bits per heavy atom. The van der Waals surface area contributed by atoms with Crippen LogP contribution in [-0.2, 0) is 16.4 Å². The van der Waals surface area contributed by atoms with E-state index in [1.165, 1.54) is 0 Å². The van der Waals surface area contributed by atoms with Gasteiger partial charge in [0.05, 0.1) is 29.8 Å². The molecule has 1 aromatic heterocycles. The van der Waals surface area contributed by atoms with Crippen LogP contribution in [0, 0.1) is 13.8 Å². The van der Waals surface area contributed by atoms with Crippen molar-refractivity contribution in [1.29, 1.82) is 0 Å². The molecular formula is C14H25N3O3S. The van der Waals surface area contributed by atoms with E-state index in [4.69, 9.17) is 0 Å². The molecule has 2 atom stereocenters. The van der Waals surface area contributed by atoms with E-state index >= 15 is 0 Å². The number of hydrogen-bond acceptors (Lipinski definition) is 5. The van der Waals surface area contributed by atoms with E-state index in [1.807, 2.05) is 25.5 Å². The summed E-state index contributed by atoms with van der Waals surface area (Å²) < 4.78 is 25.1. The summed E-state index contributed by atoms with van der Waals surface area (Å²) >= 11 is 0. The summed E-state index contributed by atoms with van der Waals surface area (Å²) in [7, 11) is -2.91. The number of nitrogens with zero attached hydrogens (tertiary/aromatic N) is 2. The predicted molar refractivity (Wildman–Crippen MR) is 82.0 cm³/mol. The molecule has 0 spiro atoms. The SMILES string of the molecule is CC[C@@H](CO)NCc1c(C)nn(C2CCS(=O)(=O)C2)c1C. The normalized spacial score (nSPS) is 22.6. The Bertz CT molecular complexity index is 591. The van der Waals surface area contributed by atoms with Gasteiger partial charge in [-0.3, -0.25) is 4.68 Å². The topological polar surface area (TPSA) is 84.2 Å². The van der Waals surface area contributed by atoms with Crippen LogP contribution in [0.4, 0.5) is 0 Å². The first-order valence-electron chi connectivity index (χ1n) is 7.47. The number of aromatic nitrogens is 2. The molecule has 7 heteroatoms. The van der Waals surface area contributed by atoms with Crippen LogP contribution in [0.25, 0.3) is 0 Å². The lowest BCUT2D eigenvalue weighted by Gasteiger charge is -2.15. The van der Waals surface area contributed by atoms with Crippen molar-refractivity contribution < 1.29 is 13.5 Å². The monoisotopic (exact) mass is 315 g/mol. The average Bonchev–Trinajstić information content (AvgIpc) is 2.92. The molecule has 0 radical (unpaired) electrons. The van der Waals surface area contributed by atoms with E-state index in [0.29, 0.717) is 13.0 Å². The van der Waals surface area contributed by atoms with Crippen LogP contribution in [0.15, 0.2) is 0 Å². The van der Waals surface area contributed by atoms with Gasteiger partial charge < -0.3 is 10.4 Å². The first kappa shape index (κ1) is 16.5. The van der Waals surface area contributed by atoms with Gasteiger partial charge in [0.15, 0.2) is 9.84 Å². The third-order valence-corrected chi connectivity index (χ3v) is 6.06. The van der Waals surface area contributed by atoms with Crippen molar-refractivity contribution in [3.63, 3.8) is 0 Å². The van der Waals surface area contributed by atoms with Crippen molar-refractivity contribution in [3.05, 3.63) is 17.0 Å². The maximum atomic E-state index is 11.6. The highest BCUT2D eigenvalue weighted by Gasteiger charge is 2.31. The smallest absolute Gasteiger partial charge is 0.152 e. The fourth-order valence-electron chi connectivity index (χ4n) is 2.86. The number of rotatable bonds is 6. The largest absolute Gasteiger partial charge is 0.395 e. The molecule has 0 bridgehead atoms. The summed E-state index contributed by atoms with van der Waals surface area (Å²) in [5.74, 6) is 0.447. The number of aliphatic hydroxyl groups is 1. The molecule has 2 heterocycles. The Balaban J connectivity index is 2.14. The number of aliphatic hydroxyl groups excluding tert-OH is 1. The van der Waals surface area contributed by atoms with Crippen molar-refractivity contribution in [2.75, 3.05) is 18.1 Å². The molecule has 1 unspecified atom stereocenters. The number of aryl methyl sites for hydroxylation is 1. The first-order chi connectivity index (χ1) is 9.88. The molecule has 1 aliphatic rings. The maximum Gasteiger partial charge on any atom is 0.152 e. The first-order valence-corrected chi connectivity index (χ1v) is 9.29. The molecule has 1 aliphatic heterocycles. The lowest BCUT2D eigenvalue weighted by Crippen LogP contribution is -2.31. The predicted octanol–water partition coefficient (Wildman–Crippen LogP) is 0.720. The van der Waals surface area contributed by atoms with Crippen molar-refractivity contribution in [2.24, 2.45) is 0 Å². The highest BCUT2D eigenvalue weighted by atomic mass is 32.2. The minimum absolute atomic E-state index is 0.0396. The Morgan fingerprint density at radius 1 is 1.48 bits per heavy atom. The second-order valence-electron chi connectivity index (χ2n) is 5.82. The summed E-state index contributed by atoms with van der Waals surface area (Å²) in [6.07, 6.45) is 1.51. The standard InChI is InChI=1S/C14H25N3O3S/c1-4-12(8-18)15-7-14-10(2)16-17(11(14)3)13-5-6-21(19,20)9-13/h12-13,15,18H,4-9H2,1-3H3/t12-,13?/m0/s1. The van der Waals surface area contributed by atoms with Crippen LogP contribution in [-0.4, -0.2) is 47.5 Å². The molecule has 0 saturated carbocycles. The van der Waals surface area contributed by atoms with Gasteiger partial charge in [0, 0.05) is 23.8 Å². The minimum atomic E-state index is -2.91. The summed E-state index contributed by atoms with van der Waals surface area (Å²) in [6, 6.07) is 0.0428. The molecule has 6 nitrogen and oxygen atoms in total. The van der Waals surface area contributed by atoms with Crippen LogP contribution in [0.5, 0.6) is 0 Å². The highest BCUT2D eigenvalue weighted by molar-refractivity contribution is 7.91. The van der Waals surface area contributed by atoms with Crippen LogP contribution < -0.4 is 5.32 Å². The van der Waals surface area contributed by atoms with Crippen molar-refractivity contribution in [3.8, 4) is 0 Å². The number of nitrogens with one attached hydrogen (secondary N) is 1. The zero-order valence-corrected chi connectivity index (χ0v) is 13.8. The van der Waals surface area contributed by atoms with Crippen LogP contribution >= 0.6 is 0 Å². The van der Waals surface area contributed by atoms with Crippen LogP contribution in [0.3, 0.4) is 0 Å². The molecular weight excluding hydrogens is 290 g/mol. The molecule has 2 N–H and O–H groups in total. The van der Waals surface area contributed by atoms with Gasteiger partial charge in [-0.05, 0) is 26.7 Å². The van der Waals surface area contributed by atoms with Crippen molar-refractivity contribution in [1.82, 2.24) is 15.1 Å². The molecule has 120 valence electrons. The fraction of sp³-hybridized carbons (Fsp3) is 0.786. The second kappa shape index (κ2) is 6.46. The van der Waals surface area contributed by atoms with E-state index in [0.717, 1.165) is 23.4 Å². The zero-order chi connectivity index (χ0) is 15.6. The molecule has 0 aliphatic carbocycles. The van der Waals surface area contributed by atoms with E-state index in [2.05, 4.69) is 10.4 Å². The summed E-state index contributed by atoms with van der Waals surface area (Å²) in [4.78, 5) is 0. The molecule has 0 aromatic carbocycles. The van der Waals surface area contributed by atoms with E-state index in [-0.39, 0.29) is 30.2 Å².